The smallest absolute Gasteiger partial charge is 0.0834 e. The van der Waals surface area contributed by atoms with Crippen LogP contribution in [0, 0.1) is 0 Å². The lowest BCUT2D eigenvalue weighted by Gasteiger charge is -2.28. The number of hydrogen-bond donors (Lipinski definition) is 2. The molecule has 112 valence electrons. The van der Waals surface area contributed by atoms with Gasteiger partial charge in [-0.05, 0) is 57.9 Å². The highest BCUT2D eigenvalue weighted by Gasteiger charge is 2.45. The first kappa shape index (κ1) is 14.1. The summed E-state index contributed by atoms with van der Waals surface area (Å²) in [6, 6.07) is 10.7. The Balaban J connectivity index is 1.74. The van der Waals surface area contributed by atoms with E-state index in [9.17, 15) is 0 Å². The molecule has 2 N–H and O–H groups in total. The Morgan fingerprint density at radius 2 is 1.86 bits per heavy atom. The van der Waals surface area contributed by atoms with Crippen molar-refractivity contribution in [3.8, 4) is 11.3 Å². The Morgan fingerprint density at radius 1 is 1.14 bits per heavy atom. The minimum Gasteiger partial charge on any atom is -0.379 e. The maximum absolute atomic E-state index is 6.13. The van der Waals surface area contributed by atoms with Crippen LogP contribution in [-0.2, 0) is 4.74 Å². The number of nitrogens with zero attached hydrogens (tertiary/aromatic N) is 1. The number of ether oxygens (including phenoxy) is 1. The van der Waals surface area contributed by atoms with Gasteiger partial charge in [-0.3, -0.25) is 5.10 Å². The highest BCUT2D eigenvalue weighted by Crippen LogP contribution is 2.38. The monoisotopic (exact) mass is 285 g/mol. The fraction of sp³-hybridized carbons (Fsp3) is 0.471. The van der Waals surface area contributed by atoms with Gasteiger partial charge in [0.25, 0.3) is 0 Å². The van der Waals surface area contributed by atoms with Crippen LogP contribution in [0.4, 0.5) is 5.69 Å². The molecule has 0 aliphatic carbocycles. The molecule has 0 bridgehead atoms. The third kappa shape index (κ3) is 2.95. The van der Waals surface area contributed by atoms with Crippen molar-refractivity contribution in [3.05, 3.63) is 36.5 Å². The van der Waals surface area contributed by atoms with Crippen LogP contribution in [0.1, 0.15) is 34.1 Å². The van der Waals surface area contributed by atoms with Gasteiger partial charge in [0.2, 0.25) is 0 Å². The molecule has 2 heterocycles. The van der Waals surface area contributed by atoms with Crippen molar-refractivity contribution < 1.29 is 4.74 Å². The molecule has 1 aromatic heterocycles. The van der Waals surface area contributed by atoms with Crippen LogP contribution in [0.3, 0.4) is 0 Å². The zero-order valence-corrected chi connectivity index (χ0v) is 13.1. The molecule has 1 unspecified atom stereocenters. The normalized spacial score (nSPS) is 23.1. The number of rotatable bonds is 3. The highest BCUT2D eigenvalue weighted by molar-refractivity contribution is 5.62. The summed E-state index contributed by atoms with van der Waals surface area (Å²) in [5.41, 5.74) is 3.06. The molecule has 4 heteroatoms. The lowest BCUT2D eigenvalue weighted by Crippen LogP contribution is -2.38. The van der Waals surface area contributed by atoms with E-state index in [2.05, 4.69) is 67.5 Å². The average molecular weight is 285 g/mol. The number of hydrogen-bond acceptors (Lipinski definition) is 3. The summed E-state index contributed by atoms with van der Waals surface area (Å²) in [7, 11) is 0. The van der Waals surface area contributed by atoms with Crippen LogP contribution in [0.5, 0.6) is 0 Å². The maximum Gasteiger partial charge on any atom is 0.0834 e. The van der Waals surface area contributed by atoms with E-state index in [0.717, 1.165) is 23.4 Å². The number of aromatic nitrogens is 2. The topological polar surface area (TPSA) is 49.9 Å². The van der Waals surface area contributed by atoms with Gasteiger partial charge in [-0.1, -0.05) is 12.1 Å². The number of benzene rings is 1. The molecule has 4 nitrogen and oxygen atoms in total. The molecular formula is C17H23N3O. The van der Waals surface area contributed by atoms with Crippen molar-refractivity contribution in [2.24, 2.45) is 0 Å². The molecule has 21 heavy (non-hydrogen) atoms. The quantitative estimate of drug-likeness (QED) is 0.901. The second-order valence-electron chi connectivity index (χ2n) is 6.91. The van der Waals surface area contributed by atoms with Crippen molar-refractivity contribution >= 4 is 5.69 Å². The summed E-state index contributed by atoms with van der Waals surface area (Å²) in [5, 5.41) is 10.6. The van der Waals surface area contributed by atoms with Crippen molar-refractivity contribution in [1.82, 2.24) is 10.2 Å². The van der Waals surface area contributed by atoms with E-state index in [1.54, 1.807) is 6.20 Å². The van der Waals surface area contributed by atoms with Gasteiger partial charge < -0.3 is 10.1 Å². The van der Waals surface area contributed by atoms with E-state index in [4.69, 9.17) is 4.74 Å². The van der Waals surface area contributed by atoms with E-state index in [1.165, 1.54) is 0 Å². The van der Waals surface area contributed by atoms with E-state index in [-0.39, 0.29) is 11.2 Å². The van der Waals surface area contributed by atoms with E-state index in [0.29, 0.717) is 6.04 Å². The first-order valence-corrected chi connectivity index (χ1v) is 7.42. The number of anilines is 1. The van der Waals surface area contributed by atoms with Crippen LogP contribution < -0.4 is 5.32 Å². The van der Waals surface area contributed by atoms with Crippen molar-refractivity contribution in [2.75, 3.05) is 5.32 Å². The molecular weight excluding hydrogens is 262 g/mol. The molecule has 0 spiro atoms. The van der Waals surface area contributed by atoms with E-state index >= 15 is 0 Å². The number of H-pyrrole nitrogens is 1. The number of nitrogens with one attached hydrogen (secondary N) is 2. The summed E-state index contributed by atoms with van der Waals surface area (Å²) in [6.45, 7) is 8.60. The van der Waals surface area contributed by atoms with Gasteiger partial charge in [-0.25, -0.2) is 0 Å². The second-order valence-corrected chi connectivity index (χ2v) is 6.91. The Morgan fingerprint density at radius 3 is 2.38 bits per heavy atom. The van der Waals surface area contributed by atoms with Crippen molar-refractivity contribution in [1.29, 1.82) is 0 Å². The zero-order chi connectivity index (χ0) is 15.1. The Hall–Kier alpha value is -1.81. The zero-order valence-electron chi connectivity index (χ0n) is 13.1. The molecule has 0 amide bonds. The highest BCUT2D eigenvalue weighted by atomic mass is 16.5. The molecule has 2 aromatic rings. The molecule has 3 rings (SSSR count). The van der Waals surface area contributed by atoms with Crippen LogP contribution >= 0.6 is 0 Å². The molecule has 1 aromatic carbocycles. The fourth-order valence-corrected chi connectivity index (χ4v) is 3.15. The molecule has 1 fully saturated rings. The first-order valence-electron chi connectivity index (χ1n) is 7.42. The van der Waals surface area contributed by atoms with E-state index < -0.39 is 0 Å². The molecule has 1 atom stereocenters. The largest absolute Gasteiger partial charge is 0.379 e. The van der Waals surface area contributed by atoms with Crippen LogP contribution in [-0.4, -0.2) is 27.4 Å². The van der Waals surface area contributed by atoms with Gasteiger partial charge in [0, 0.05) is 11.9 Å². The molecule has 1 saturated heterocycles. The summed E-state index contributed by atoms with van der Waals surface area (Å²) in [6.07, 6.45) is 2.77. The van der Waals surface area contributed by atoms with Crippen molar-refractivity contribution in [3.63, 3.8) is 0 Å². The third-order valence-corrected chi connectivity index (χ3v) is 4.11. The van der Waals surface area contributed by atoms with Gasteiger partial charge in [0.05, 0.1) is 22.9 Å². The summed E-state index contributed by atoms with van der Waals surface area (Å²) >= 11 is 0. The predicted molar refractivity (Wildman–Crippen MR) is 85.3 cm³/mol. The van der Waals surface area contributed by atoms with Gasteiger partial charge in [0.15, 0.2) is 0 Å². The summed E-state index contributed by atoms with van der Waals surface area (Å²) in [4.78, 5) is 0. The van der Waals surface area contributed by atoms with Crippen LogP contribution in [0.15, 0.2) is 36.5 Å². The molecule has 0 saturated carbocycles. The third-order valence-electron chi connectivity index (χ3n) is 4.11. The Kier molecular flexibility index (Phi) is 3.29. The standard InChI is InChI=1S/C17H23N3O/c1-16(2)11-15(17(3,4)21-16)19-13-7-5-12(6-8-13)14-9-10-18-20-14/h5-10,15,19H,11H2,1-4H3,(H,18,20). The van der Waals surface area contributed by atoms with Gasteiger partial charge in [-0.2, -0.15) is 5.10 Å². The van der Waals surface area contributed by atoms with Crippen molar-refractivity contribution in [2.45, 2.75) is 51.4 Å². The summed E-state index contributed by atoms with van der Waals surface area (Å²) in [5.74, 6) is 0. The SMILES string of the molecule is CC1(C)CC(Nc2ccc(-c3ccn[nH]3)cc2)C(C)(C)O1. The molecule has 1 aliphatic heterocycles. The second kappa shape index (κ2) is 4.88. The van der Waals surface area contributed by atoms with Crippen LogP contribution in [0.25, 0.3) is 11.3 Å². The first-order chi connectivity index (χ1) is 9.86. The summed E-state index contributed by atoms with van der Waals surface area (Å²) < 4.78 is 6.13. The minimum absolute atomic E-state index is 0.0724. The maximum atomic E-state index is 6.13. The lowest BCUT2D eigenvalue weighted by molar-refractivity contribution is -0.0662. The van der Waals surface area contributed by atoms with Gasteiger partial charge in [0.1, 0.15) is 0 Å². The fourth-order valence-electron chi connectivity index (χ4n) is 3.15. The number of aromatic amines is 1. The molecule has 0 radical (unpaired) electrons. The van der Waals surface area contributed by atoms with E-state index in [1.807, 2.05) is 6.07 Å². The average Bonchev–Trinajstić information content (AvgIpc) is 2.97. The molecule has 1 aliphatic rings. The van der Waals surface area contributed by atoms with Gasteiger partial charge >= 0.3 is 0 Å². The Bertz CT molecular complexity index is 599. The predicted octanol–water partition coefficient (Wildman–Crippen LogP) is 3.83. The van der Waals surface area contributed by atoms with Crippen LogP contribution in [0.2, 0.25) is 0 Å². The Labute approximate surface area is 125 Å². The minimum atomic E-state index is -0.161. The van der Waals surface area contributed by atoms with Gasteiger partial charge in [-0.15, -0.1) is 0 Å². The lowest BCUT2D eigenvalue weighted by atomic mass is 9.94.